The van der Waals surface area contributed by atoms with Crippen LogP contribution in [0.4, 0.5) is 5.69 Å². The van der Waals surface area contributed by atoms with Crippen molar-refractivity contribution < 1.29 is 18.0 Å². The zero-order valence-corrected chi connectivity index (χ0v) is 23.8. The normalized spacial score (nSPS) is 12.2. The summed E-state index contributed by atoms with van der Waals surface area (Å²) in [4.78, 5) is 28.2. The van der Waals surface area contributed by atoms with E-state index in [1.807, 2.05) is 26.8 Å². The van der Waals surface area contributed by atoms with Crippen LogP contribution in [-0.4, -0.2) is 50.5 Å². The fourth-order valence-electron chi connectivity index (χ4n) is 3.99. The van der Waals surface area contributed by atoms with Gasteiger partial charge in [-0.05, 0) is 62.1 Å². The van der Waals surface area contributed by atoms with E-state index in [1.54, 1.807) is 37.3 Å². The summed E-state index contributed by atoms with van der Waals surface area (Å²) in [5, 5.41) is 3.60. The van der Waals surface area contributed by atoms with E-state index in [0.717, 1.165) is 34.5 Å². The Bertz CT molecular complexity index is 1150. The van der Waals surface area contributed by atoms with E-state index in [2.05, 4.69) is 5.32 Å². The van der Waals surface area contributed by atoms with Gasteiger partial charge in [0.25, 0.3) is 0 Å². The highest BCUT2D eigenvalue weighted by Crippen LogP contribution is 2.28. The minimum atomic E-state index is -3.81. The van der Waals surface area contributed by atoms with E-state index in [1.165, 1.54) is 4.90 Å². The quantitative estimate of drug-likeness (QED) is 0.369. The molecule has 0 aliphatic rings. The van der Waals surface area contributed by atoms with Crippen molar-refractivity contribution >= 4 is 50.7 Å². The molecule has 0 saturated carbocycles. The maximum Gasteiger partial charge on any atom is 0.244 e. The third-order valence-electron chi connectivity index (χ3n) is 5.78. The first kappa shape index (κ1) is 29.9. The first-order valence-electron chi connectivity index (χ1n) is 11.9. The number of amides is 2. The van der Waals surface area contributed by atoms with Gasteiger partial charge in [0.05, 0.1) is 11.9 Å². The summed E-state index contributed by atoms with van der Waals surface area (Å²) in [6, 6.07) is 9.53. The summed E-state index contributed by atoms with van der Waals surface area (Å²) in [7, 11) is -3.81. The minimum Gasteiger partial charge on any atom is -0.354 e. The number of unbranched alkanes of at least 4 members (excludes halogenated alkanes) is 1. The van der Waals surface area contributed by atoms with Crippen molar-refractivity contribution in [3.8, 4) is 0 Å². The second kappa shape index (κ2) is 13.3. The minimum absolute atomic E-state index is 0.0402. The molecule has 2 aromatic rings. The first-order valence-corrected chi connectivity index (χ1v) is 14.6. The molecule has 0 fully saturated rings. The van der Waals surface area contributed by atoms with Gasteiger partial charge in [0.1, 0.15) is 12.6 Å². The van der Waals surface area contributed by atoms with E-state index < -0.39 is 28.5 Å². The molecule has 0 saturated heterocycles. The molecule has 7 nitrogen and oxygen atoms in total. The van der Waals surface area contributed by atoms with E-state index in [-0.39, 0.29) is 12.5 Å². The molecule has 0 aromatic heterocycles. The van der Waals surface area contributed by atoms with Crippen LogP contribution in [-0.2, 0) is 26.2 Å². The molecule has 0 heterocycles. The average molecular weight is 557 g/mol. The van der Waals surface area contributed by atoms with Crippen LogP contribution in [0, 0.1) is 13.8 Å². The largest absolute Gasteiger partial charge is 0.354 e. The van der Waals surface area contributed by atoms with Gasteiger partial charge in [0.2, 0.25) is 21.8 Å². The Labute approximate surface area is 224 Å². The zero-order chi connectivity index (χ0) is 27.0. The van der Waals surface area contributed by atoms with Crippen molar-refractivity contribution in [1.29, 1.82) is 0 Å². The van der Waals surface area contributed by atoms with Crippen molar-refractivity contribution in [3.63, 3.8) is 0 Å². The number of aryl methyl sites for hydroxylation is 2. The van der Waals surface area contributed by atoms with Crippen LogP contribution in [0.25, 0.3) is 0 Å². The topological polar surface area (TPSA) is 86.8 Å². The summed E-state index contributed by atoms with van der Waals surface area (Å²) >= 11 is 12.8. The number of rotatable bonds is 12. The van der Waals surface area contributed by atoms with Crippen LogP contribution in [0.2, 0.25) is 10.0 Å². The molecular weight excluding hydrogens is 521 g/mol. The Kier molecular flexibility index (Phi) is 11.1. The molecule has 1 atom stereocenters. The van der Waals surface area contributed by atoms with Gasteiger partial charge in [0, 0.05) is 28.7 Å². The molecule has 0 bridgehead atoms. The van der Waals surface area contributed by atoms with Gasteiger partial charge in [-0.3, -0.25) is 13.9 Å². The van der Waals surface area contributed by atoms with E-state index >= 15 is 0 Å². The van der Waals surface area contributed by atoms with Crippen LogP contribution in [0.1, 0.15) is 49.8 Å². The lowest BCUT2D eigenvalue weighted by Crippen LogP contribution is -2.52. The summed E-state index contributed by atoms with van der Waals surface area (Å²) in [5.41, 5.74) is 2.62. The second-order valence-corrected chi connectivity index (χ2v) is 11.6. The Morgan fingerprint density at radius 3 is 2.11 bits per heavy atom. The van der Waals surface area contributed by atoms with Crippen molar-refractivity contribution in [3.05, 3.63) is 63.1 Å². The molecule has 0 spiro atoms. The number of carbonyl (C=O) groups excluding carboxylic acids is 2. The Morgan fingerprint density at radius 2 is 1.61 bits per heavy atom. The van der Waals surface area contributed by atoms with E-state index in [0.29, 0.717) is 34.3 Å². The molecule has 0 aliphatic heterocycles. The number of carbonyl (C=O) groups is 2. The molecule has 2 rings (SSSR count). The van der Waals surface area contributed by atoms with Gasteiger partial charge < -0.3 is 10.2 Å². The molecule has 198 valence electrons. The van der Waals surface area contributed by atoms with Crippen LogP contribution >= 0.6 is 23.2 Å². The van der Waals surface area contributed by atoms with Gasteiger partial charge in [-0.2, -0.15) is 0 Å². The molecule has 0 radical (unpaired) electrons. The number of hydrogen-bond acceptors (Lipinski definition) is 4. The lowest BCUT2D eigenvalue weighted by atomic mass is 10.1. The summed E-state index contributed by atoms with van der Waals surface area (Å²) in [6.45, 7) is 7.52. The predicted molar refractivity (Wildman–Crippen MR) is 147 cm³/mol. The SMILES string of the molecule is CCCCNC(=O)C(CC)N(Cc1c(Cl)cccc1Cl)C(=O)CN(c1cc(C)cc(C)c1)S(C)(=O)=O. The molecule has 10 heteroatoms. The second-order valence-electron chi connectivity index (χ2n) is 8.91. The molecule has 0 aliphatic carbocycles. The van der Waals surface area contributed by atoms with Crippen molar-refractivity contribution in [2.45, 2.75) is 59.5 Å². The number of hydrogen-bond donors (Lipinski definition) is 1. The summed E-state index contributed by atoms with van der Waals surface area (Å²) < 4.78 is 26.6. The lowest BCUT2D eigenvalue weighted by molar-refractivity contribution is -0.140. The Hall–Kier alpha value is -2.29. The number of halogens is 2. The number of anilines is 1. The fraction of sp³-hybridized carbons (Fsp3) is 0.462. The van der Waals surface area contributed by atoms with Crippen LogP contribution in [0.5, 0.6) is 0 Å². The third-order valence-corrected chi connectivity index (χ3v) is 7.63. The molecule has 1 N–H and O–H groups in total. The highest BCUT2D eigenvalue weighted by atomic mass is 35.5. The average Bonchev–Trinajstić information content (AvgIpc) is 2.77. The van der Waals surface area contributed by atoms with Crippen molar-refractivity contribution in [2.24, 2.45) is 0 Å². The predicted octanol–water partition coefficient (Wildman–Crippen LogP) is 5.10. The Balaban J connectivity index is 2.49. The Morgan fingerprint density at radius 1 is 1.03 bits per heavy atom. The smallest absolute Gasteiger partial charge is 0.244 e. The van der Waals surface area contributed by atoms with Gasteiger partial charge in [-0.25, -0.2) is 8.42 Å². The third kappa shape index (κ3) is 8.11. The maximum absolute atomic E-state index is 13.8. The number of nitrogens with one attached hydrogen (secondary N) is 1. The maximum atomic E-state index is 13.8. The molecular formula is C26H35Cl2N3O4S. The van der Waals surface area contributed by atoms with Crippen LogP contribution in [0.3, 0.4) is 0 Å². The molecule has 2 amide bonds. The number of benzene rings is 2. The van der Waals surface area contributed by atoms with Crippen molar-refractivity contribution in [2.75, 3.05) is 23.7 Å². The van der Waals surface area contributed by atoms with Gasteiger partial charge in [-0.15, -0.1) is 0 Å². The number of nitrogens with zero attached hydrogens (tertiary/aromatic N) is 2. The highest BCUT2D eigenvalue weighted by molar-refractivity contribution is 7.92. The molecule has 1 unspecified atom stereocenters. The standard InChI is InChI=1S/C26H35Cl2N3O4S/c1-6-8-12-29-26(33)24(7-2)30(16-21-22(27)10-9-11-23(21)28)25(32)17-31(36(5,34)35)20-14-18(3)13-19(4)15-20/h9-11,13-15,24H,6-8,12,16-17H2,1-5H3,(H,29,33). The highest BCUT2D eigenvalue weighted by Gasteiger charge is 2.32. The van der Waals surface area contributed by atoms with E-state index in [4.69, 9.17) is 23.2 Å². The lowest BCUT2D eigenvalue weighted by Gasteiger charge is -2.33. The fourth-order valence-corrected chi connectivity index (χ4v) is 5.34. The molecule has 36 heavy (non-hydrogen) atoms. The van der Waals surface area contributed by atoms with Crippen LogP contribution < -0.4 is 9.62 Å². The van der Waals surface area contributed by atoms with Gasteiger partial charge in [0.15, 0.2) is 0 Å². The summed E-state index contributed by atoms with van der Waals surface area (Å²) in [6.07, 6.45) is 3.10. The molecule has 2 aromatic carbocycles. The van der Waals surface area contributed by atoms with Gasteiger partial charge in [-0.1, -0.05) is 55.6 Å². The first-order chi connectivity index (χ1) is 16.9. The van der Waals surface area contributed by atoms with Crippen LogP contribution in [0.15, 0.2) is 36.4 Å². The van der Waals surface area contributed by atoms with Crippen molar-refractivity contribution in [1.82, 2.24) is 10.2 Å². The number of sulfonamides is 1. The zero-order valence-electron chi connectivity index (χ0n) is 21.5. The van der Waals surface area contributed by atoms with E-state index in [9.17, 15) is 18.0 Å². The summed E-state index contributed by atoms with van der Waals surface area (Å²) in [5.74, 6) is -0.840. The monoisotopic (exact) mass is 555 g/mol. The van der Waals surface area contributed by atoms with Gasteiger partial charge >= 0.3 is 0 Å².